The molecule has 1 aliphatic rings. The van der Waals surface area contributed by atoms with Gasteiger partial charge in [0.25, 0.3) is 0 Å². The fraction of sp³-hybridized carbons (Fsp3) is 0.917. The maximum Gasteiger partial charge on any atom is 0.248 e. The van der Waals surface area contributed by atoms with Crippen molar-refractivity contribution < 1.29 is 19.7 Å². The molecule has 2 N–H and O–H groups in total. The minimum Gasteiger partial charge on any atom is -0.396 e. The number of piperidine rings is 1. The predicted octanol–water partition coefficient (Wildman–Crippen LogP) is 0.00640. The molecule has 1 fully saturated rings. The zero-order valence-electron chi connectivity index (χ0n) is 10.5. The van der Waals surface area contributed by atoms with E-state index in [0.29, 0.717) is 19.7 Å². The molecule has 5 nitrogen and oxygen atoms in total. The third-order valence-electron chi connectivity index (χ3n) is 3.54. The highest BCUT2D eigenvalue weighted by Crippen LogP contribution is 2.34. The molecular weight excluding hydrogens is 222 g/mol. The van der Waals surface area contributed by atoms with Crippen molar-refractivity contribution >= 4 is 5.91 Å². The number of hydrogen-bond acceptors (Lipinski definition) is 4. The van der Waals surface area contributed by atoms with Gasteiger partial charge in [0, 0.05) is 32.2 Å². The number of likely N-dealkylation sites (tertiary alicyclic amines) is 1. The van der Waals surface area contributed by atoms with Crippen molar-refractivity contribution in [3.8, 4) is 0 Å². The van der Waals surface area contributed by atoms with E-state index >= 15 is 0 Å². The van der Waals surface area contributed by atoms with Gasteiger partial charge in [-0.2, -0.15) is 0 Å². The Morgan fingerprint density at radius 1 is 1.47 bits per heavy atom. The average Bonchev–Trinajstić information content (AvgIpc) is 2.38. The van der Waals surface area contributed by atoms with Gasteiger partial charge in [-0.25, -0.2) is 0 Å². The van der Waals surface area contributed by atoms with Crippen LogP contribution in [0.25, 0.3) is 0 Å². The standard InChI is InChI=1S/C12H23NO4/c1-17-7-3-5-12(10-15)4-2-6-13(9-12)11(16)8-14/h14-15H,2-10H2,1H3/t12-/m1/s1. The molecule has 0 bridgehead atoms. The maximum atomic E-state index is 11.5. The van der Waals surface area contributed by atoms with Crippen molar-refractivity contribution in [2.24, 2.45) is 5.41 Å². The van der Waals surface area contributed by atoms with Crippen molar-refractivity contribution in [2.45, 2.75) is 25.7 Å². The van der Waals surface area contributed by atoms with E-state index in [1.165, 1.54) is 0 Å². The molecule has 0 saturated carbocycles. The third-order valence-corrected chi connectivity index (χ3v) is 3.54. The van der Waals surface area contributed by atoms with Crippen molar-refractivity contribution in [2.75, 3.05) is 40.0 Å². The van der Waals surface area contributed by atoms with Crippen molar-refractivity contribution in [3.63, 3.8) is 0 Å². The fourth-order valence-electron chi connectivity index (χ4n) is 2.52. The summed E-state index contributed by atoms with van der Waals surface area (Å²) >= 11 is 0. The Bertz CT molecular complexity index is 247. The van der Waals surface area contributed by atoms with Gasteiger partial charge >= 0.3 is 0 Å². The van der Waals surface area contributed by atoms with E-state index in [9.17, 15) is 9.90 Å². The van der Waals surface area contributed by atoms with Gasteiger partial charge in [0.15, 0.2) is 0 Å². The van der Waals surface area contributed by atoms with Crippen LogP contribution < -0.4 is 0 Å². The van der Waals surface area contributed by atoms with Gasteiger partial charge < -0.3 is 19.8 Å². The number of aliphatic hydroxyl groups excluding tert-OH is 2. The molecule has 17 heavy (non-hydrogen) atoms. The summed E-state index contributed by atoms with van der Waals surface area (Å²) in [4.78, 5) is 13.1. The summed E-state index contributed by atoms with van der Waals surface area (Å²) in [5.74, 6) is -0.241. The lowest BCUT2D eigenvalue weighted by molar-refractivity contribution is -0.138. The Balaban J connectivity index is 2.55. The molecule has 0 radical (unpaired) electrons. The second kappa shape index (κ2) is 6.93. The van der Waals surface area contributed by atoms with Gasteiger partial charge in [0.1, 0.15) is 6.61 Å². The zero-order valence-corrected chi connectivity index (χ0v) is 10.5. The number of amides is 1. The monoisotopic (exact) mass is 245 g/mol. The molecule has 1 saturated heterocycles. The number of carbonyl (C=O) groups is 1. The smallest absolute Gasteiger partial charge is 0.248 e. The van der Waals surface area contributed by atoms with E-state index in [-0.39, 0.29) is 17.9 Å². The Hall–Kier alpha value is -0.650. The second-order valence-electron chi connectivity index (χ2n) is 4.83. The molecule has 0 aromatic heterocycles. The number of nitrogens with zero attached hydrogens (tertiary/aromatic N) is 1. The predicted molar refractivity (Wildman–Crippen MR) is 63.5 cm³/mol. The zero-order chi connectivity index (χ0) is 12.7. The third kappa shape index (κ3) is 3.94. The molecule has 100 valence electrons. The number of carbonyl (C=O) groups excluding carboxylic acids is 1. The molecule has 0 aromatic carbocycles. The largest absolute Gasteiger partial charge is 0.396 e. The van der Waals surface area contributed by atoms with Crippen LogP contribution in [0.5, 0.6) is 0 Å². The molecule has 5 heteroatoms. The second-order valence-corrected chi connectivity index (χ2v) is 4.83. The Kier molecular flexibility index (Phi) is 5.88. The quantitative estimate of drug-likeness (QED) is 0.647. The van der Waals surface area contributed by atoms with E-state index in [1.807, 2.05) is 0 Å². The number of hydrogen-bond donors (Lipinski definition) is 2. The summed E-state index contributed by atoms with van der Waals surface area (Å²) in [5.41, 5.74) is -0.207. The minimum atomic E-state index is -0.445. The van der Waals surface area contributed by atoms with Gasteiger partial charge in [-0.05, 0) is 25.7 Å². The number of methoxy groups -OCH3 is 1. The molecule has 0 aliphatic carbocycles. The molecule has 0 spiro atoms. The summed E-state index contributed by atoms with van der Waals surface area (Å²) in [7, 11) is 1.66. The SMILES string of the molecule is COCCC[C@]1(CO)CCCN(C(=O)CO)C1. The fourth-order valence-corrected chi connectivity index (χ4v) is 2.52. The van der Waals surface area contributed by atoms with Crippen LogP contribution in [-0.2, 0) is 9.53 Å². The molecule has 0 unspecified atom stereocenters. The molecule has 1 rings (SSSR count). The number of rotatable bonds is 6. The topological polar surface area (TPSA) is 70.0 Å². The summed E-state index contributed by atoms with van der Waals surface area (Å²) in [6.07, 6.45) is 3.56. The first-order valence-corrected chi connectivity index (χ1v) is 6.16. The highest BCUT2D eigenvalue weighted by atomic mass is 16.5. The lowest BCUT2D eigenvalue weighted by Crippen LogP contribution is -2.48. The normalized spacial score (nSPS) is 25.0. The summed E-state index contributed by atoms with van der Waals surface area (Å²) in [5, 5.41) is 18.4. The van der Waals surface area contributed by atoms with E-state index in [4.69, 9.17) is 9.84 Å². The van der Waals surface area contributed by atoms with Crippen molar-refractivity contribution in [1.82, 2.24) is 4.90 Å². The molecular formula is C12H23NO4. The van der Waals surface area contributed by atoms with Gasteiger partial charge in [0.05, 0.1) is 6.61 Å². The van der Waals surface area contributed by atoms with E-state index in [0.717, 1.165) is 25.7 Å². The Morgan fingerprint density at radius 2 is 2.24 bits per heavy atom. The van der Waals surface area contributed by atoms with E-state index in [2.05, 4.69) is 0 Å². The van der Waals surface area contributed by atoms with Crippen LogP contribution in [0.2, 0.25) is 0 Å². The van der Waals surface area contributed by atoms with Crippen LogP contribution in [-0.4, -0.2) is 61.0 Å². The molecule has 1 aliphatic heterocycles. The Morgan fingerprint density at radius 3 is 2.82 bits per heavy atom. The van der Waals surface area contributed by atoms with Crippen LogP contribution >= 0.6 is 0 Å². The summed E-state index contributed by atoms with van der Waals surface area (Å²) < 4.78 is 5.02. The number of aliphatic hydroxyl groups is 2. The van der Waals surface area contributed by atoms with Crippen LogP contribution in [0.4, 0.5) is 0 Å². The lowest BCUT2D eigenvalue weighted by atomic mass is 9.77. The van der Waals surface area contributed by atoms with Gasteiger partial charge in [-0.3, -0.25) is 4.79 Å². The maximum absolute atomic E-state index is 11.5. The first-order chi connectivity index (χ1) is 8.17. The van der Waals surface area contributed by atoms with Gasteiger partial charge in [0.2, 0.25) is 5.91 Å². The first-order valence-electron chi connectivity index (χ1n) is 6.16. The van der Waals surface area contributed by atoms with Gasteiger partial charge in [-0.1, -0.05) is 0 Å². The molecule has 0 aromatic rings. The summed E-state index contributed by atoms with van der Waals surface area (Å²) in [6.45, 7) is 1.55. The average molecular weight is 245 g/mol. The molecule has 1 atom stereocenters. The van der Waals surface area contributed by atoms with E-state index in [1.54, 1.807) is 12.0 Å². The van der Waals surface area contributed by atoms with Crippen molar-refractivity contribution in [3.05, 3.63) is 0 Å². The minimum absolute atomic E-state index is 0.0892. The summed E-state index contributed by atoms with van der Waals surface area (Å²) in [6, 6.07) is 0. The van der Waals surface area contributed by atoms with Gasteiger partial charge in [-0.15, -0.1) is 0 Å². The number of ether oxygens (including phenoxy) is 1. The molecule has 1 heterocycles. The van der Waals surface area contributed by atoms with Crippen LogP contribution in [0.1, 0.15) is 25.7 Å². The highest BCUT2D eigenvalue weighted by molar-refractivity contribution is 5.77. The highest BCUT2D eigenvalue weighted by Gasteiger charge is 2.35. The lowest BCUT2D eigenvalue weighted by Gasteiger charge is -2.41. The van der Waals surface area contributed by atoms with Crippen LogP contribution in [0.3, 0.4) is 0 Å². The Labute approximate surface area is 102 Å². The first kappa shape index (κ1) is 14.4. The van der Waals surface area contributed by atoms with Crippen LogP contribution in [0.15, 0.2) is 0 Å². The van der Waals surface area contributed by atoms with E-state index < -0.39 is 6.61 Å². The molecule has 1 amide bonds. The van der Waals surface area contributed by atoms with Crippen molar-refractivity contribution in [1.29, 1.82) is 0 Å². The van der Waals surface area contributed by atoms with Crippen LogP contribution in [0, 0.1) is 5.41 Å².